The molecule has 46 heavy (non-hydrogen) atoms. The first-order valence-corrected chi connectivity index (χ1v) is 16.1. The molecular weight excluding hydrogens is 612 g/mol. The van der Waals surface area contributed by atoms with Crippen LogP contribution in [0.15, 0.2) is 42.7 Å². The molecule has 0 bridgehead atoms. The van der Waals surface area contributed by atoms with Crippen molar-refractivity contribution in [2.75, 3.05) is 69.3 Å². The van der Waals surface area contributed by atoms with Gasteiger partial charge < -0.3 is 29.2 Å². The van der Waals surface area contributed by atoms with E-state index >= 15 is 0 Å². The molecule has 6 rings (SSSR count). The fourth-order valence-corrected chi connectivity index (χ4v) is 6.90. The van der Waals surface area contributed by atoms with Crippen molar-refractivity contribution in [1.29, 1.82) is 0 Å². The van der Waals surface area contributed by atoms with Crippen molar-refractivity contribution < 1.29 is 18.3 Å². The molecule has 9 nitrogen and oxygen atoms in total. The molecule has 3 heterocycles. The summed E-state index contributed by atoms with van der Waals surface area (Å²) in [5, 5.41) is 1.60. The van der Waals surface area contributed by atoms with Crippen LogP contribution >= 0.6 is 11.6 Å². The van der Waals surface area contributed by atoms with Crippen LogP contribution in [0.1, 0.15) is 31.0 Å². The minimum Gasteiger partial charge on any atom is -0.463 e. The molecule has 1 saturated carbocycles. The van der Waals surface area contributed by atoms with E-state index < -0.39 is 23.6 Å². The number of nitrogens with zero attached hydrogens (tertiary/aromatic N) is 7. The predicted molar refractivity (Wildman–Crippen MR) is 175 cm³/mol. The second-order valence-corrected chi connectivity index (χ2v) is 13.0. The molecule has 0 radical (unpaired) electrons. The van der Waals surface area contributed by atoms with Crippen molar-refractivity contribution in [3.05, 3.63) is 76.3 Å². The summed E-state index contributed by atoms with van der Waals surface area (Å²) in [7, 11) is 2.11. The Morgan fingerprint density at radius 2 is 2.02 bits per heavy atom. The van der Waals surface area contributed by atoms with E-state index in [0.29, 0.717) is 50.4 Å². The first-order valence-electron chi connectivity index (χ1n) is 15.7. The molecule has 2 fully saturated rings. The zero-order chi connectivity index (χ0) is 32.6. The number of aromatic nitrogens is 2. The molecule has 2 aliphatic heterocycles. The van der Waals surface area contributed by atoms with Crippen molar-refractivity contribution in [1.82, 2.24) is 19.8 Å². The monoisotopic (exact) mass is 649 g/mol. The normalized spacial score (nSPS) is 18.8. The molecule has 1 amide bonds. The van der Waals surface area contributed by atoms with Crippen LogP contribution in [0.4, 0.5) is 20.3 Å². The number of anilines is 2. The number of fused-ring (bicyclic) bond motifs is 2. The second kappa shape index (κ2) is 13.0. The van der Waals surface area contributed by atoms with Crippen molar-refractivity contribution in [3.8, 4) is 6.01 Å². The summed E-state index contributed by atoms with van der Waals surface area (Å²) in [6.45, 7) is 17.2. The van der Waals surface area contributed by atoms with Crippen LogP contribution in [0, 0.1) is 17.8 Å². The Hall–Kier alpha value is -4.01. The smallest absolute Gasteiger partial charge is 0.318 e. The van der Waals surface area contributed by atoms with E-state index in [2.05, 4.69) is 40.1 Å². The molecule has 3 aromatic rings. The van der Waals surface area contributed by atoms with E-state index in [0.717, 1.165) is 48.3 Å². The summed E-state index contributed by atoms with van der Waals surface area (Å²) >= 11 is 6.50. The Bertz CT molecular complexity index is 1710. The van der Waals surface area contributed by atoms with Gasteiger partial charge in [-0.2, -0.15) is 9.97 Å². The lowest BCUT2D eigenvalue weighted by Crippen LogP contribution is -2.57. The molecule has 0 unspecified atom stereocenters. The average Bonchev–Trinajstić information content (AvgIpc) is 3.83. The summed E-state index contributed by atoms with van der Waals surface area (Å²) in [4.78, 5) is 33.8. The molecule has 1 aliphatic carbocycles. The van der Waals surface area contributed by atoms with Crippen molar-refractivity contribution in [2.24, 2.45) is 5.41 Å². The topological polar surface area (TPSA) is 69.4 Å². The highest BCUT2D eigenvalue weighted by Crippen LogP contribution is 2.46. The zero-order valence-corrected chi connectivity index (χ0v) is 27.0. The summed E-state index contributed by atoms with van der Waals surface area (Å²) in [6.07, 6.45) is 2.76. The molecule has 1 aromatic heterocycles. The Labute approximate surface area is 273 Å². The third kappa shape index (κ3) is 6.33. The molecule has 3 aliphatic rings. The van der Waals surface area contributed by atoms with Gasteiger partial charge in [-0.25, -0.2) is 15.4 Å². The van der Waals surface area contributed by atoms with Crippen LogP contribution < -0.4 is 14.5 Å². The first-order chi connectivity index (χ1) is 22.1. The third-order valence-electron chi connectivity index (χ3n) is 9.46. The number of carbonyl (C=O) groups excluding carboxylic acids is 1. The fraction of sp³-hybridized carbons (Fsp3) is 0.471. The number of halogens is 3. The number of amides is 1. The number of benzene rings is 2. The van der Waals surface area contributed by atoms with Gasteiger partial charge in [0.25, 0.3) is 5.91 Å². The molecular formula is C34H38ClF2N7O2. The lowest BCUT2D eigenvalue weighted by molar-refractivity contribution is -0.131. The van der Waals surface area contributed by atoms with Crippen LogP contribution in [0.25, 0.3) is 15.6 Å². The van der Waals surface area contributed by atoms with Crippen LogP contribution in [0.2, 0.25) is 5.02 Å². The van der Waals surface area contributed by atoms with Gasteiger partial charge in [0.2, 0.25) is 6.54 Å². The van der Waals surface area contributed by atoms with Crippen molar-refractivity contribution >= 4 is 39.8 Å². The van der Waals surface area contributed by atoms with E-state index in [-0.39, 0.29) is 29.5 Å². The van der Waals surface area contributed by atoms with Gasteiger partial charge in [0.05, 0.1) is 23.9 Å². The number of hydrogen-bond donors (Lipinski definition) is 0. The molecule has 242 valence electrons. The number of carbonyl (C=O) groups is 1. The summed E-state index contributed by atoms with van der Waals surface area (Å²) in [5.41, 5.74) is 2.65. The standard InChI is InChI=1S/C34H38ClF2N7O2/c1-5-41(4)20-34(12-13-34)21-46-33-39-27-19-42(28-8-6-7-23-9-10-26(37)30(35)29(23)28)14-11-25(27)31(40-33)43-15-16-44(32(45)22(2)36)24(18-43)17-38-3/h6-10,24H,2,5,11-21H2,1,4H3/t24-/m0/s1. The van der Waals surface area contributed by atoms with Crippen molar-refractivity contribution in [2.45, 2.75) is 38.8 Å². The Morgan fingerprint density at radius 1 is 1.22 bits per heavy atom. The number of piperazine rings is 1. The van der Waals surface area contributed by atoms with E-state index in [1.807, 2.05) is 18.2 Å². The van der Waals surface area contributed by atoms with Crippen molar-refractivity contribution in [3.63, 3.8) is 0 Å². The van der Waals surface area contributed by atoms with Gasteiger partial charge in [0.15, 0.2) is 5.83 Å². The SMILES string of the molecule is [C-]#[N+]C[C@H]1CN(c2nc(OCC3(CN(C)CC)CC3)nc3c2CCN(c2cccc4ccc(F)c(Cl)c24)C3)CCN1C(=O)C(=C)F. The van der Waals surface area contributed by atoms with Crippen LogP contribution in [0.3, 0.4) is 0 Å². The quantitative estimate of drug-likeness (QED) is 0.212. The summed E-state index contributed by atoms with van der Waals surface area (Å²) in [5.74, 6) is -1.58. The highest BCUT2D eigenvalue weighted by molar-refractivity contribution is 6.36. The van der Waals surface area contributed by atoms with Gasteiger partial charge in [-0.15, -0.1) is 0 Å². The van der Waals surface area contributed by atoms with Gasteiger partial charge in [-0.3, -0.25) is 4.79 Å². The predicted octanol–water partition coefficient (Wildman–Crippen LogP) is 5.52. The van der Waals surface area contributed by atoms with Crippen LogP contribution in [-0.4, -0.2) is 91.2 Å². The van der Waals surface area contributed by atoms with E-state index in [1.165, 1.54) is 11.0 Å². The minimum absolute atomic E-state index is 0.0335. The van der Waals surface area contributed by atoms with Crippen LogP contribution in [-0.2, 0) is 17.8 Å². The largest absolute Gasteiger partial charge is 0.463 e. The zero-order valence-electron chi connectivity index (χ0n) is 26.2. The average molecular weight is 650 g/mol. The second-order valence-electron chi connectivity index (χ2n) is 12.6. The Kier molecular flexibility index (Phi) is 9.03. The molecule has 1 atom stereocenters. The summed E-state index contributed by atoms with van der Waals surface area (Å²) in [6, 6.07) is 8.67. The van der Waals surface area contributed by atoms with Gasteiger partial charge in [-0.05, 0) is 50.4 Å². The molecule has 2 aromatic carbocycles. The molecule has 0 N–H and O–H groups in total. The van der Waals surface area contributed by atoms with Gasteiger partial charge in [-0.1, -0.05) is 43.3 Å². The maximum absolute atomic E-state index is 14.6. The Balaban J connectivity index is 1.34. The van der Waals surface area contributed by atoms with Gasteiger partial charge in [0, 0.05) is 54.8 Å². The number of hydrogen-bond acceptors (Lipinski definition) is 7. The highest BCUT2D eigenvalue weighted by atomic mass is 35.5. The molecule has 1 saturated heterocycles. The van der Waals surface area contributed by atoms with Crippen LogP contribution in [0.5, 0.6) is 6.01 Å². The fourth-order valence-electron chi connectivity index (χ4n) is 6.63. The van der Waals surface area contributed by atoms with E-state index in [4.69, 9.17) is 32.9 Å². The molecule has 0 spiro atoms. The van der Waals surface area contributed by atoms with E-state index in [1.54, 1.807) is 6.07 Å². The maximum Gasteiger partial charge on any atom is 0.318 e. The number of rotatable bonds is 10. The third-order valence-corrected chi connectivity index (χ3v) is 9.83. The Morgan fingerprint density at radius 3 is 2.74 bits per heavy atom. The minimum atomic E-state index is -1.03. The van der Waals surface area contributed by atoms with Gasteiger partial charge >= 0.3 is 6.01 Å². The highest BCUT2D eigenvalue weighted by Gasteiger charge is 2.44. The lowest BCUT2D eigenvalue weighted by atomic mass is 10.0. The lowest BCUT2D eigenvalue weighted by Gasteiger charge is -2.41. The van der Waals surface area contributed by atoms with E-state index in [9.17, 15) is 13.6 Å². The van der Waals surface area contributed by atoms with Gasteiger partial charge in [0.1, 0.15) is 17.7 Å². The summed E-state index contributed by atoms with van der Waals surface area (Å²) < 4.78 is 34.8. The number of ether oxygens (including phenoxy) is 1. The maximum atomic E-state index is 14.6. The molecule has 12 heteroatoms. The first kappa shape index (κ1) is 32.0.